The summed E-state index contributed by atoms with van der Waals surface area (Å²) in [5, 5.41) is 59.4. The summed E-state index contributed by atoms with van der Waals surface area (Å²) in [5.41, 5.74) is 0. The van der Waals surface area contributed by atoms with Crippen LogP contribution in [0, 0.1) is 0 Å². The van der Waals surface area contributed by atoms with E-state index >= 15 is 0 Å². The lowest BCUT2D eigenvalue weighted by atomic mass is 10.1. The molecule has 0 radical (unpaired) electrons. The van der Waals surface area contributed by atoms with Gasteiger partial charge in [-0.05, 0) is 32.1 Å². The molecule has 242 valence electrons. The highest BCUT2D eigenvalue weighted by Crippen LogP contribution is 2.09. The van der Waals surface area contributed by atoms with Gasteiger partial charge in [0.2, 0.25) is 0 Å². The molecule has 0 atom stereocenters. The predicted octanol–water partition coefficient (Wildman–Crippen LogP) is 2.64. The van der Waals surface area contributed by atoms with Gasteiger partial charge in [-0.3, -0.25) is 14.6 Å². The van der Waals surface area contributed by atoms with Gasteiger partial charge >= 0.3 is 5.97 Å². The number of allylic oxidation sites excluding steroid dienone is 2. The maximum Gasteiger partial charge on any atom is 0.303 e. The lowest BCUT2D eigenvalue weighted by Gasteiger charge is -2.17. The Morgan fingerprint density at radius 3 is 1.10 bits per heavy atom. The van der Waals surface area contributed by atoms with Gasteiger partial charge < -0.3 is 35.7 Å². The lowest BCUT2D eigenvalue weighted by Crippen LogP contribution is -2.32. The van der Waals surface area contributed by atoms with E-state index in [9.17, 15) is 4.79 Å². The van der Waals surface area contributed by atoms with Crippen molar-refractivity contribution in [1.29, 1.82) is 0 Å². The van der Waals surface area contributed by atoms with Crippen LogP contribution in [0.15, 0.2) is 12.2 Å². The standard InChI is InChI=1S/C18H34O2.2C6H15NO3/c1-2-3-4-5-6-7-8-9-10-11-12-13-14-15-16-17-18(19)20;2*8-4-1-7(2-5-9)3-6-10/h9-10H,2-8,11-17H2,1H3,(H,19,20);2*8-10H,1-6H2. The first-order valence-corrected chi connectivity index (χ1v) is 15.4. The number of unbranched alkanes of at least 4 members (excludes halogenated alkanes) is 11. The highest BCUT2D eigenvalue weighted by Gasteiger charge is 2.01. The van der Waals surface area contributed by atoms with E-state index in [1.54, 1.807) is 9.80 Å². The van der Waals surface area contributed by atoms with E-state index in [1.165, 1.54) is 70.6 Å². The molecule has 0 aliphatic rings. The van der Waals surface area contributed by atoms with Crippen molar-refractivity contribution in [2.75, 3.05) is 78.9 Å². The molecular weight excluding hydrogens is 516 g/mol. The predicted molar refractivity (Wildman–Crippen MR) is 162 cm³/mol. The monoisotopic (exact) mass is 580 g/mol. The van der Waals surface area contributed by atoms with E-state index in [1.807, 2.05) is 0 Å². The Bertz CT molecular complexity index is 452. The van der Waals surface area contributed by atoms with Gasteiger partial charge in [-0.2, -0.15) is 0 Å². The molecule has 0 amide bonds. The molecular formula is C30H64N2O8. The van der Waals surface area contributed by atoms with Gasteiger partial charge in [-0.25, -0.2) is 0 Å². The summed E-state index contributed by atoms with van der Waals surface area (Å²) < 4.78 is 0. The quantitative estimate of drug-likeness (QED) is 0.0567. The Labute approximate surface area is 244 Å². The highest BCUT2D eigenvalue weighted by molar-refractivity contribution is 5.66. The number of carboxylic acids is 1. The first-order valence-electron chi connectivity index (χ1n) is 15.4. The minimum absolute atomic E-state index is 0.0694. The summed E-state index contributed by atoms with van der Waals surface area (Å²) in [5.74, 6) is -0.664. The summed E-state index contributed by atoms with van der Waals surface area (Å²) in [6.45, 7) is 5.77. The van der Waals surface area contributed by atoms with Gasteiger partial charge in [-0.1, -0.05) is 70.4 Å². The summed E-state index contributed by atoms with van der Waals surface area (Å²) in [6, 6.07) is 0. The molecule has 40 heavy (non-hydrogen) atoms. The van der Waals surface area contributed by atoms with E-state index in [0.717, 1.165) is 12.8 Å². The third kappa shape index (κ3) is 41.4. The number of carbonyl (C=O) groups is 1. The molecule has 0 fully saturated rings. The molecule has 0 aromatic rings. The molecule has 10 heteroatoms. The van der Waals surface area contributed by atoms with Gasteiger partial charge in [0.15, 0.2) is 0 Å². The number of aliphatic carboxylic acids is 1. The molecule has 0 heterocycles. The molecule has 0 spiro atoms. The first-order chi connectivity index (χ1) is 19.5. The molecule has 0 aromatic carbocycles. The van der Waals surface area contributed by atoms with Crippen LogP contribution >= 0.6 is 0 Å². The summed E-state index contributed by atoms with van der Waals surface area (Å²) in [7, 11) is 0. The van der Waals surface area contributed by atoms with Gasteiger partial charge in [0.1, 0.15) is 0 Å². The zero-order valence-corrected chi connectivity index (χ0v) is 25.5. The Hall–Kier alpha value is -1.11. The second-order valence-electron chi connectivity index (χ2n) is 9.75. The van der Waals surface area contributed by atoms with Gasteiger partial charge in [-0.15, -0.1) is 0 Å². The zero-order chi connectivity index (χ0) is 30.5. The molecule has 0 aliphatic heterocycles. The Morgan fingerprint density at radius 2 is 0.800 bits per heavy atom. The number of hydrogen-bond acceptors (Lipinski definition) is 9. The molecule has 0 saturated heterocycles. The number of carboxylic acid groups (broad SMARTS) is 1. The Morgan fingerprint density at radius 1 is 0.500 bits per heavy atom. The molecule has 0 aromatic heterocycles. The zero-order valence-electron chi connectivity index (χ0n) is 25.5. The van der Waals surface area contributed by atoms with Crippen molar-refractivity contribution in [3.8, 4) is 0 Å². The molecule has 0 saturated carbocycles. The lowest BCUT2D eigenvalue weighted by molar-refractivity contribution is -0.137. The van der Waals surface area contributed by atoms with E-state index < -0.39 is 5.97 Å². The maximum absolute atomic E-state index is 10.3. The summed E-state index contributed by atoms with van der Waals surface area (Å²) in [4.78, 5) is 13.9. The molecule has 0 aliphatic carbocycles. The first kappa shape index (κ1) is 43.3. The van der Waals surface area contributed by atoms with Gasteiger partial charge in [0.25, 0.3) is 0 Å². The second kappa shape index (κ2) is 40.0. The van der Waals surface area contributed by atoms with Crippen LogP contribution < -0.4 is 0 Å². The second-order valence-corrected chi connectivity index (χ2v) is 9.75. The van der Waals surface area contributed by atoms with Crippen molar-refractivity contribution < 1.29 is 40.5 Å². The summed E-state index contributed by atoms with van der Waals surface area (Å²) >= 11 is 0. The van der Waals surface area contributed by atoms with Crippen LogP contribution in [0.25, 0.3) is 0 Å². The Kier molecular flexibility index (Phi) is 43.4. The fraction of sp³-hybridized carbons (Fsp3) is 0.900. The fourth-order valence-electron chi connectivity index (χ4n) is 3.87. The SMILES string of the molecule is CCCCCCCCC=CCCCCCCCC(=O)O.OCCN(CCO)CCO.OCCN(CCO)CCO. The molecule has 0 bridgehead atoms. The van der Waals surface area contributed by atoms with Crippen molar-refractivity contribution in [1.82, 2.24) is 9.80 Å². The average Bonchev–Trinajstić information content (AvgIpc) is 2.92. The van der Waals surface area contributed by atoms with Crippen LogP contribution in [-0.4, -0.2) is 130 Å². The minimum Gasteiger partial charge on any atom is -0.481 e. The molecule has 0 unspecified atom stereocenters. The van der Waals surface area contributed by atoms with Crippen LogP contribution in [0.4, 0.5) is 0 Å². The van der Waals surface area contributed by atoms with E-state index in [0.29, 0.717) is 45.7 Å². The number of hydrogen-bond donors (Lipinski definition) is 7. The number of aliphatic hydroxyl groups is 6. The van der Waals surface area contributed by atoms with Crippen LogP contribution in [0.1, 0.15) is 96.8 Å². The van der Waals surface area contributed by atoms with Crippen LogP contribution in [0.3, 0.4) is 0 Å². The van der Waals surface area contributed by atoms with Crippen LogP contribution in [0.5, 0.6) is 0 Å². The van der Waals surface area contributed by atoms with Gasteiger partial charge in [0, 0.05) is 45.7 Å². The number of rotatable bonds is 27. The van der Waals surface area contributed by atoms with Crippen LogP contribution in [-0.2, 0) is 4.79 Å². The van der Waals surface area contributed by atoms with Crippen LogP contribution in [0.2, 0.25) is 0 Å². The minimum atomic E-state index is -0.664. The molecule has 0 rings (SSSR count). The summed E-state index contributed by atoms with van der Waals surface area (Å²) in [6.07, 6.45) is 21.2. The smallest absolute Gasteiger partial charge is 0.303 e. The van der Waals surface area contributed by atoms with E-state index in [-0.39, 0.29) is 39.6 Å². The van der Waals surface area contributed by atoms with Crippen molar-refractivity contribution in [3.63, 3.8) is 0 Å². The van der Waals surface area contributed by atoms with E-state index in [2.05, 4.69) is 19.1 Å². The molecule has 10 nitrogen and oxygen atoms in total. The fourth-order valence-corrected chi connectivity index (χ4v) is 3.87. The third-order valence-corrected chi connectivity index (χ3v) is 6.15. The highest BCUT2D eigenvalue weighted by atomic mass is 16.4. The van der Waals surface area contributed by atoms with Crippen molar-refractivity contribution in [2.45, 2.75) is 96.8 Å². The van der Waals surface area contributed by atoms with Crippen molar-refractivity contribution in [3.05, 3.63) is 12.2 Å². The van der Waals surface area contributed by atoms with Gasteiger partial charge in [0.05, 0.1) is 39.6 Å². The van der Waals surface area contributed by atoms with Crippen molar-refractivity contribution in [2.24, 2.45) is 0 Å². The largest absolute Gasteiger partial charge is 0.481 e. The number of nitrogens with zero attached hydrogens (tertiary/aromatic N) is 2. The Balaban J connectivity index is -0.000000573. The number of aliphatic hydroxyl groups excluding tert-OH is 6. The third-order valence-electron chi connectivity index (χ3n) is 6.15. The maximum atomic E-state index is 10.3. The topological polar surface area (TPSA) is 165 Å². The molecule has 7 N–H and O–H groups in total. The average molecular weight is 581 g/mol. The van der Waals surface area contributed by atoms with Crippen molar-refractivity contribution >= 4 is 5.97 Å². The van der Waals surface area contributed by atoms with E-state index in [4.69, 9.17) is 35.7 Å². The normalized spacial score (nSPS) is 11.0.